The van der Waals surface area contributed by atoms with Gasteiger partial charge in [0.15, 0.2) is 5.16 Å². The Bertz CT molecular complexity index is 300. The number of rotatable bonds is 4. The molecule has 1 aromatic heterocycles. The van der Waals surface area contributed by atoms with Crippen molar-refractivity contribution in [3.63, 3.8) is 0 Å². The van der Waals surface area contributed by atoms with E-state index in [-0.39, 0.29) is 11.7 Å². The lowest BCUT2D eigenvalue weighted by Gasteiger charge is -2.00. The number of thioether (sulfide) groups is 1. The minimum Gasteiger partial charge on any atom is -0.465 e. The zero-order valence-corrected chi connectivity index (χ0v) is 9.00. The van der Waals surface area contributed by atoms with Gasteiger partial charge in [0.25, 0.3) is 0 Å². The molecule has 0 bridgehead atoms. The van der Waals surface area contributed by atoms with Crippen molar-refractivity contribution < 1.29 is 9.53 Å². The van der Waals surface area contributed by atoms with Crippen molar-refractivity contribution in [2.45, 2.75) is 19.0 Å². The van der Waals surface area contributed by atoms with Gasteiger partial charge in [-0.05, 0) is 19.4 Å². The first-order valence-corrected chi connectivity index (χ1v) is 5.28. The summed E-state index contributed by atoms with van der Waals surface area (Å²) in [6, 6.07) is 0. The molecule has 1 heterocycles. The van der Waals surface area contributed by atoms with Crippen molar-refractivity contribution in [2.75, 3.05) is 12.4 Å². The Morgan fingerprint density at radius 3 is 2.71 bits per heavy atom. The number of nitrogens with zero attached hydrogens (tertiary/aromatic N) is 2. The Morgan fingerprint density at radius 1 is 1.50 bits per heavy atom. The first kappa shape index (κ1) is 11.0. The normalized spacial score (nSPS) is 9.86. The molecule has 0 aromatic carbocycles. The fourth-order valence-electron chi connectivity index (χ4n) is 0.781. The van der Waals surface area contributed by atoms with E-state index in [0.717, 1.165) is 5.56 Å². The summed E-state index contributed by atoms with van der Waals surface area (Å²) in [6.07, 6.45) is 3.45. The number of ether oxygens (including phenoxy) is 1. The summed E-state index contributed by atoms with van der Waals surface area (Å²) >= 11 is 1.28. The second kappa shape index (κ2) is 5.59. The Morgan fingerprint density at radius 2 is 2.14 bits per heavy atom. The molecule has 5 heteroatoms. The molecule has 0 saturated heterocycles. The van der Waals surface area contributed by atoms with Gasteiger partial charge in [0, 0.05) is 12.4 Å². The van der Waals surface area contributed by atoms with Gasteiger partial charge in [0.05, 0.1) is 12.4 Å². The molecule has 14 heavy (non-hydrogen) atoms. The fraction of sp³-hybridized carbons (Fsp3) is 0.444. The first-order chi connectivity index (χ1) is 6.72. The Balaban J connectivity index is 2.38. The van der Waals surface area contributed by atoms with Gasteiger partial charge in [0.1, 0.15) is 0 Å². The van der Waals surface area contributed by atoms with E-state index in [4.69, 9.17) is 4.74 Å². The lowest BCUT2D eigenvalue weighted by atomic mass is 10.4. The van der Waals surface area contributed by atoms with Crippen LogP contribution in [0.3, 0.4) is 0 Å². The molecule has 0 spiro atoms. The van der Waals surface area contributed by atoms with Gasteiger partial charge in [-0.1, -0.05) is 11.8 Å². The van der Waals surface area contributed by atoms with Crippen LogP contribution in [0.25, 0.3) is 0 Å². The highest BCUT2D eigenvalue weighted by atomic mass is 32.2. The topological polar surface area (TPSA) is 52.1 Å². The summed E-state index contributed by atoms with van der Waals surface area (Å²) in [4.78, 5) is 19.1. The molecule has 0 radical (unpaired) electrons. The second-order valence-electron chi connectivity index (χ2n) is 2.64. The number of esters is 1. The summed E-state index contributed by atoms with van der Waals surface area (Å²) in [7, 11) is 0. The molecule has 0 atom stereocenters. The third kappa shape index (κ3) is 3.74. The molecular formula is C9H12N2O2S. The highest BCUT2D eigenvalue weighted by molar-refractivity contribution is 7.99. The van der Waals surface area contributed by atoms with Crippen LogP contribution >= 0.6 is 11.8 Å². The van der Waals surface area contributed by atoms with Crippen molar-refractivity contribution in [1.29, 1.82) is 0 Å². The number of hydrogen-bond donors (Lipinski definition) is 0. The summed E-state index contributed by atoms with van der Waals surface area (Å²) in [5.74, 6) is 0.0263. The molecule has 4 nitrogen and oxygen atoms in total. The highest BCUT2D eigenvalue weighted by Gasteiger charge is 2.04. The molecule has 0 amide bonds. The van der Waals surface area contributed by atoms with E-state index in [1.807, 2.05) is 6.92 Å². The molecule has 0 aliphatic heterocycles. The van der Waals surface area contributed by atoms with Crippen molar-refractivity contribution >= 4 is 17.7 Å². The SMILES string of the molecule is CCOC(=O)CSc1ncc(C)cn1. The van der Waals surface area contributed by atoms with E-state index >= 15 is 0 Å². The van der Waals surface area contributed by atoms with Crippen molar-refractivity contribution in [1.82, 2.24) is 9.97 Å². The van der Waals surface area contributed by atoms with Gasteiger partial charge in [0.2, 0.25) is 0 Å². The maximum Gasteiger partial charge on any atom is 0.316 e. The Hall–Kier alpha value is -1.10. The van der Waals surface area contributed by atoms with Crippen LogP contribution < -0.4 is 0 Å². The van der Waals surface area contributed by atoms with Gasteiger partial charge in [-0.25, -0.2) is 9.97 Å². The van der Waals surface area contributed by atoms with Crippen LogP contribution in [0.4, 0.5) is 0 Å². The second-order valence-corrected chi connectivity index (χ2v) is 3.58. The summed E-state index contributed by atoms with van der Waals surface area (Å²) < 4.78 is 4.77. The standard InChI is InChI=1S/C9H12N2O2S/c1-3-13-8(12)6-14-9-10-4-7(2)5-11-9/h4-5H,3,6H2,1-2H3. The molecular weight excluding hydrogens is 200 g/mol. The zero-order valence-electron chi connectivity index (χ0n) is 8.19. The van der Waals surface area contributed by atoms with Crippen LogP contribution in [0.15, 0.2) is 17.6 Å². The number of carbonyl (C=O) groups excluding carboxylic acids is 1. The van der Waals surface area contributed by atoms with E-state index < -0.39 is 0 Å². The van der Waals surface area contributed by atoms with E-state index in [0.29, 0.717) is 11.8 Å². The molecule has 0 aliphatic carbocycles. The highest BCUT2D eigenvalue weighted by Crippen LogP contribution is 2.11. The van der Waals surface area contributed by atoms with E-state index in [1.165, 1.54) is 11.8 Å². The summed E-state index contributed by atoms with van der Waals surface area (Å²) in [5.41, 5.74) is 1.01. The summed E-state index contributed by atoms with van der Waals surface area (Å²) in [5, 5.41) is 0.601. The van der Waals surface area contributed by atoms with Crippen LogP contribution in [0.2, 0.25) is 0 Å². The van der Waals surface area contributed by atoms with Crippen molar-refractivity contribution in [2.24, 2.45) is 0 Å². The Labute approximate surface area is 87.1 Å². The van der Waals surface area contributed by atoms with Crippen LogP contribution in [-0.4, -0.2) is 28.3 Å². The zero-order chi connectivity index (χ0) is 10.4. The minimum absolute atomic E-state index is 0.235. The minimum atomic E-state index is -0.235. The third-order valence-electron chi connectivity index (χ3n) is 1.38. The van der Waals surface area contributed by atoms with Crippen LogP contribution in [0, 0.1) is 6.92 Å². The fourth-order valence-corrected chi connectivity index (χ4v) is 1.37. The van der Waals surface area contributed by atoms with Gasteiger partial charge in [-0.2, -0.15) is 0 Å². The quantitative estimate of drug-likeness (QED) is 0.429. The number of hydrogen-bond acceptors (Lipinski definition) is 5. The lowest BCUT2D eigenvalue weighted by molar-refractivity contribution is -0.139. The first-order valence-electron chi connectivity index (χ1n) is 4.29. The predicted octanol–water partition coefficient (Wildman–Crippen LogP) is 1.44. The third-order valence-corrected chi connectivity index (χ3v) is 2.23. The van der Waals surface area contributed by atoms with Crippen LogP contribution in [0.5, 0.6) is 0 Å². The molecule has 1 rings (SSSR count). The lowest BCUT2D eigenvalue weighted by Crippen LogP contribution is -2.06. The van der Waals surface area contributed by atoms with Gasteiger partial charge in [-0.3, -0.25) is 4.79 Å². The average molecular weight is 212 g/mol. The molecule has 0 fully saturated rings. The molecule has 0 N–H and O–H groups in total. The van der Waals surface area contributed by atoms with Crippen molar-refractivity contribution in [3.8, 4) is 0 Å². The molecule has 0 aliphatic rings. The largest absolute Gasteiger partial charge is 0.465 e. The molecule has 1 aromatic rings. The van der Waals surface area contributed by atoms with Gasteiger partial charge < -0.3 is 4.74 Å². The Kier molecular flexibility index (Phi) is 4.39. The van der Waals surface area contributed by atoms with E-state index in [2.05, 4.69) is 9.97 Å². The maximum atomic E-state index is 11.0. The maximum absolute atomic E-state index is 11.0. The van der Waals surface area contributed by atoms with E-state index in [9.17, 15) is 4.79 Å². The molecule has 0 saturated carbocycles. The van der Waals surface area contributed by atoms with Crippen LogP contribution in [-0.2, 0) is 9.53 Å². The molecule has 76 valence electrons. The molecule has 0 unspecified atom stereocenters. The smallest absolute Gasteiger partial charge is 0.316 e. The van der Waals surface area contributed by atoms with Crippen molar-refractivity contribution in [3.05, 3.63) is 18.0 Å². The van der Waals surface area contributed by atoms with E-state index in [1.54, 1.807) is 19.3 Å². The number of aromatic nitrogens is 2. The van der Waals surface area contributed by atoms with Crippen LogP contribution in [0.1, 0.15) is 12.5 Å². The predicted molar refractivity (Wildman–Crippen MR) is 54.1 cm³/mol. The van der Waals surface area contributed by atoms with Gasteiger partial charge in [-0.15, -0.1) is 0 Å². The monoisotopic (exact) mass is 212 g/mol. The van der Waals surface area contributed by atoms with Gasteiger partial charge >= 0.3 is 5.97 Å². The number of carbonyl (C=O) groups is 1. The number of aryl methyl sites for hydroxylation is 1. The average Bonchev–Trinajstić information content (AvgIpc) is 2.17. The summed E-state index contributed by atoms with van der Waals surface area (Å²) in [6.45, 7) is 4.11.